The van der Waals surface area contributed by atoms with Crippen LogP contribution in [0.3, 0.4) is 0 Å². The van der Waals surface area contributed by atoms with Crippen molar-refractivity contribution in [3.8, 4) is 5.75 Å². The molecule has 0 bridgehead atoms. The fourth-order valence-corrected chi connectivity index (χ4v) is 8.04. The van der Waals surface area contributed by atoms with E-state index in [0.717, 1.165) is 50.8 Å². The molecule has 0 aliphatic carbocycles. The maximum atomic E-state index is 13.2. The smallest absolute Gasteiger partial charge is 0.214 e. The number of unbranched alkanes of at least 4 members (excludes halogenated alkanes) is 1. The standard InChI is InChI=1S/C22H35N3O5S2/c1-30-19-7-8-20-17(14-19)9-12-24-16-18-6-5-11-25(21(18)15-22(20)24)32(28,29)13-4-3-10-23-31(2,26)27/h7-8,14,18,21-23H,3-6,9-13,15-16H2,1-2H3/t18-,21+,22+/m1/s1. The quantitative estimate of drug-likeness (QED) is 0.564. The van der Waals surface area contributed by atoms with Gasteiger partial charge in [0.2, 0.25) is 20.0 Å². The Balaban J connectivity index is 1.45. The van der Waals surface area contributed by atoms with Gasteiger partial charge in [0, 0.05) is 38.3 Å². The summed E-state index contributed by atoms with van der Waals surface area (Å²) in [5.41, 5.74) is 2.62. The van der Waals surface area contributed by atoms with Crippen molar-refractivity contribution in [3.63, 3.8) is 0 Å². The summed E-state index contributed by atoms with van der Waals surface area (Å²) < 4.78 is 58.5. The predicted octanol–water partition coefficient (Wildman–Crippen LogP) is 1.74. The summed E-state index contributed by atoms with van der Waals surface area (Å²) in [6, 6.07) is 6.58. The number of sulfonamides is 2. The van der Waals surface area contributed by atoms with Crippen molar-refractivity contribution in [2.75, 3.05) is 45.3 Å². The Morgan fingerprint density at radius 3 is 2.72 bits per heavy atom. The number of benzene rings is 1. The van der Waals surface area contributed by atoms with Crippen LogP contribution in [0.4, 0.5) is 0 Å². The number of hydrogen-bond donors (Lipinski definition) is 1. The average molecular weight is 486 g/mol. The molecule has 1 aromatic carbocycles. The van der Waals surface area contributed by atoms with Crippen LogP contribution in [0.1, 0.15) is 49.3 Å². The van der Waals surface area contributed by atoms with Crippen LogP contribution in [0.5, 0.6) is 5.75 Å². The summed E-state index contributed by atoms with van der Waals surface area (Å²) in [5, 5.41) is 0. The molecule has 0 amide bonds. The highest BCUT2D eigenvalue weighted by Crippen LogP contribution is 2.44. The minimum Gasteiger partial charge on any atom is -0.497 e. The molecule has 2 fully saturated rings. The van der Waals surface area contributed by atoms with Crippen LogP contribution in [0.25, 0.3) is 0 Å². The molecule has 3 aliphatic heterocycles. The molecule has 0 radical (unpaired) electrons. The first-order valence-electron chi connectivity index (χ1n) is 11.5. The Morgan fingerprint density at radius 1 is 1.16 bits per heavy atom. The van der Waals surface area contributed by atoms with Crippen molar-refractivity contribution in [2.24, 2.45) is 5.92 Å². The first-order chi connectivity index (χ1) is 15.2. The van der Waals surface area contributed by atoms with Crippen LogP contribution in [0.15, 0.2) is 18.2 Å². The highest BCUT2D eigenvalue weighted by Gasteiger charge is 2.45. The molecular weight excluding hydrogens is 450 g/mol. The van der Waals surface area contributed by atoms with Crippen molar-refractivity contribution in [3.05, 3.63) is 29.3 Å². The third-order valence-electron chi connectivity index (χ3n) is 7.17. The van der Waals surface area contributed by atoms with E-state index < -0.39 is 20.0 Å². The van der Waals surface area contributed by atoms with Gasteiger partial charge in [0.25, 0.3) is 0 Å². The fourth-order valence-electron chi connectivity index (χ4n) is 5.65. The van der Waals surface area contributed by atoms with E-state index in [-0.39, 0.29) is 24.4 Å². The second-order valence-electron chi connectivity index (χ2n) is 9.33. The summed E-state index contributed by atoms with van der Waals surface area (Å²) >= 11 is 0. The van der Waals surface area contributed by atoms with E-state index in [1.807, 2.05) is 6.07 Å². The molecule has 0 aromatic heterocycles. The molecule has 0 saturated carbocycles. The number of fused-ring (bicyclic) bond motifs is 4. The minimum atomic E-state index is -3.38. The van der Waals surface area contributed by atoms with Crippen molar-refractivity contribution in [2.45, 2.75) is 50.6 Å². The molecule has 10 heteroatoms. The minimum absolute atomic E-state index is 0.0391. The molecule has 0 spiro atoms. The van der Waals surface area contributed by atoms with Gasteiger partial charge in [-0.1, -0.05) is 6.07 Å². The lowest BCUT2D eigenvalue weighted by Gasteiger charge is -2.51. The molecule has 0 unspecified atom stereocenters. The van der Waals surface area contributed by atoms with Crippen LogP contribution in [0.2, 0.25) is 0 Å². The third-order valence-corrected chi connectivity index (χ3v) is 9.87. The first kappa shape index (κ1) is 23.9. The van der Waals surface area contributed by atoms with Gasteiger partial charge >= 0.3 is 0 Å². The monoisotopic (exact) mass is 485 g/mol. The number of rotatable bonds is 8. The molecule has 1 aromatic rings. The van der Waals surface area contributed by atoms with Crippen molar-refractivity contribution in [1.82, 2.24) is 13.9 Å². The van der Waals surface area contributed by atoms with Gasteiger partial charge < -0.3 is 4.74 Å². The summed E-state index contributed by atoms with van der Waals surface area (Å²) in [6.45, 7) is 2.82. The van der Waals surface area contributed by atoms with E-state index in [1.54, 1.807) is 11.4 Å². The normalized spacial score (nSPS) is 26.8. The number of ether oxygens (including phenoxy) is 1. The lowest BCUT2D eigenvalue weighted by atomic mass is 9.77. The Labute approximate surface area is 192 Å². The zero-order chi connectivity index (χ0) is 22.9. The second kappa shape index (κ2) is 9.58. The van der Waals surface area contributed by atoms with Gasteiger partial charge in [0.05, 0.1) is 19.1 Å². The predicted molar refractivity (Wildman–Crippen MR) is 125 cm³/mol. The van der Waals surface area contributed by atoms with Crippen LogP contribution in [0, 0.1) is 5.92 Å². The second-order valence-corrected chi connectivity index (χ2v) is 13.2. The Morgan fingerprint density at radius 2 is 1.97 bits per heavy atom. The largest absolute Gasteiger partial charge is 0.497 e. The third kappa shape index (κ3) is 5.30. The molecule has 32 heavy (non-hydrogen) atoms. The summed E-state index contributed by atoms with van der Waals surface area (Å²) in [6.07, 6.45) is 5.90. The van der Waals surface area contributed by atoms with Gasteiger partial charge in [-0.25, -0.2) is 21.6 Å². The number of nitrogens with one attached hydrogen (secondary N) is 1. The zero-order valence-electron chi connectivity index (χ0n) is 19.0. The van der Waals surface area contributed by atoms with E-state index in [0.29, 0.717) is 25.3 Å². The molecule has 3 heterocycles. The molecule has 180 valence electrons. The van der Waals surface area contributed by atoms with E-state index in [9.17, 15) is 16.8 Å². The number of hydrogen-bond acceptors (Lipinski definition) is 6. The molecule has 3 aliphatic rings. The lowest BCUT2D eigenvalue weighted by Crippen LogP contribution is -2.57. The lowest BCUT2D eigenvalue weighted by molar-refractivity contribution is 0.0219. The van der Waals surface area contributed by atoms with Crippen molar-refractivity contribution in [1.29, 1.82) is 0 Å². The number of nitrogens with zero attached hydrogens (tertiary/aromatic N) is 2. The van der Waals surface area contributed by atoms with Crippen LogP contribution in [-0.2, 0) is 26.5 Å². The Hall–Kier alpha value is -1.20. The maximum absolute atomic E-state index is 13.2. The summed E-state index contributed by atoms with van der Waals surface area (Å²) in [7, 11) is -4.93. The van der Waals surface area contributed by atoms with Gasteiger partial charge in [-0.3, -0.25) is 4.90 Å². The van der Waals surface area contributed by atoms with E-state index in [2.05, 4.69) is 21.8 Å². The molecule has 8 nitrogen and oxygen atoms in total. The Kier molecular flexibility index (Phi) is 7.17. The average Bonchev–Trinajstić information content (AvgIpc) is 2.75. The summed E-state index contributed by atoms with van der Waals surface area (Å²) in [5.74, 6) is 1.32. The SMILES string of the molecule is COc1ccc2c(c1)CCN1C[C@H]3CCCN(S(=O)(=O)CCCCNS(C)(=O)=O)[C@H]3C[C@@H]21. The Bertz CT molecular complexity index is 1030. The number of methoxy groups -OCH3 is 1. The molecule has 3 atom stereocenters. The molecule has 1 N–H and O–H groups in total. The highest BCUT2D eigenvalue weighted by molar-refractivity contribution is 7.89. The van der Waals surface area contributed by atoms with E-state index in [4.69, 9.17) is 4.74 Å². The number of piperidine rings is 2. The first-order valence-corrected chi connectivity index (χ1v) is 15.0. The maximum Gasteiger partial charge on any atom is 0.214 e. The van der Waals surface area contributed by atoms with Gasteiger partial charge in [0.1, 0.15) is 5.75 Å². The van der Waals surface area contributed by atoms with Crippen molar-refractivity contribution >= 4 is 20.0 Å². The van der Waals surface area contributed by atoms with Crippen molar-refractivity contribution < 1.29 is 21.6 Å². The van der Waals surface area contributed by atoms with Crippen LogP contribution < -0.4 is 9.46 Å². The fraction of sp³-hybridized carbons (Fsp3) is 0.727. The highest BCUT2D eigenvalue weighted by atomic mass is 32.2. The van der Waals surface area contributed by atoms with Crippen LogP contribution >= 0.6 is 0 Å². The van der Waals surface area contributed by atoms with Gasteiger partial charge in [0.15, 0.2) is 0 Å². The molecule has 2 saturated heterocycles. The van der Waals surface area contributed by atoms with E-state index in [1.165, 1.54) is 11.1 Å². The van der Waals surface area contributed by atoms with Gasteiger partial charge in [-0.05, 0) is 67.7 Å². The summed E-state index contributed by atoms with van der Waals surface area (Å²) in [4.78, 5) is 2.54. The van der Waals surface area contributed by atoms with Gasteiger partial charge in [-0.15, -0.1) is 0 Å². The van der Waals surface area contributed by atoms with Crippen LogP contribution in [-0.4, -0.2) is 77.4 Å². The molecule has 4 rings (SSSR count). The van der Waals surface area contributed by atoms with Gasteiger partial charge in [-0.2, -0.15) is 4.31 Å². The van der Waals surface area contributed by atoms with E-state index >= 15 is 0 Å². The zero-order valence-corrected chi connectivity index (χ0v) is 20.6. The topological polar surface area (TPSA) is 96.0 Å². The molecular formula is C22H35N3O5S2.